The first-order valence-electron chi connectivity index (χ1n) is 9.93. The lowest BCUT2D eigenvalue weighted by Gasteiger charge is -2.45. The van der Waals surface area contributed by atoms with Crippen LogP contribution in [0.5, 0.6) is 5.75 Å². The molecule has 28 heavy (non-hydrogen) atoms. The van der Waals surface area contributed by atoms with Crippen LogP contribution in [0.2, 0.25) is 0 Å². The van der Waals surface area contributed by atoms with E-state index in [1.165, 1.54) is 17.7 Å². The number of nitrogens with one attached hydrogen (secondary N) is 1. The predicted molar refractivity (Wildman–Crippen MR) is 107 cm³/mol. The number of phenols is 1. The normalized spacial score (nSPS) is 26.9. The fourth-order valence-electron chi connectivity index (χ4n) is 4.40. The molecular weight excluding hydrogens is 357 g/mol. The summed E-state index contributed by atoms with van der Waals surface area (Å²) in [5, 5.41) is 22.8. The van der Waals surface area contributed by atoms with Crippen LogP contribution in [0.25, 0.3) is 0 Å². The predicted octanol–water partition coefficient (Wildman–Crippen LogP) is 4.82. The minimum Gasteiger partial charge on any atom is -0.505 e. The molecule has 2 aromatic rings. The van der Waals surface area contributed by atoms with Crippen LogP contribution in [0.1, 0.15) is 62.4 Å². The molecule has 0 spiro atoms. The van der Waals surface area contributed by atoms with E-state index >= 15 is 0 Å². The molecule has 2 aliphatic rings. The number of hydrogen-bond donors (Lipinski definition) is 3. The number of hydrogen-bond acceptors (Lipinski definition) is 4. The van der Waals surface area contributed by atoms with Crippen LogP contribution < -0.4 is 5.32 Å². The summed E-state index contributed by atoms with van der Waals surface area (Å²) in [5.74, 6) is -0.837. The molecule has 5 heteroatoms. The minimum atomic E-state index is -0.616. The second kappa shape index (κ2) is 7.05. The maximum absolute atomic E-state index is 14.0. The number of anilines is 1. The molecule has 150 valence electrons. The lowest BCUT2D eigenvalue weighted by Crippen LogP contribution is -2.40. The van der Waals surface area contributed by atoms with Gasteiger partial charge in [0.15, 0.2) is 11.6 Å². The second-order valence-electron chi connectivity index (χ2n) is 8.99. The van der Waals surface area contributed by atoms with Gasteiger partial charge in [-0.05, 0) is 47.6 Å². The van der Waals surface area contributed by atoms with Crippen molar-refractivity contribution in [2.75, 3.05) is 11.9 Å². The summed E-state index contributed by atoms with van der Waals surface area (Å²) in [6.45, 7) is 6.55. The summed E-state index contributed by atoms with van der Waals surface area (Å²) in [6, 6.07) is 10.8. The number of fused-ring (bicyclic) bond motifs is 3. The summed E-state index contributed by atoms with van der Waals surface area (Å²) in [5.41, 5.74) is 4.13. The van der Waals surface area contributed by atoms with E-state index in [9.17, 15) is 14.6 Å². The molecule has 0 aromatic heterocycles. The Kier molecular flexibility index (Phi) is 4.84. The SMILES string of the molecule is CC(C)(C)c1ccc2c(c1)C1OC(CO)CCC1C(c1ccc(O)c(F)c1)N2. The van der Waals surface area contributed by atoms with Gasteiger partial charge in [-0.1, -0.05) is 39.0 Å². The molecule has 4 atom stereocenters. The van der Waals surface area contributed by atoms with Gasteiger partial charge in [0.05, 0.1) is 24.9 Å². The average Bonchev–Trinajstić information content (AvgIpc) is 2.68. The smallest absolute Gasteiger partial charge is 0.165 e. The molecule has 0 saturated carbocycles. The monoisotopic (exact) mass is 385 g/mol. The summed E-state index contributed by atoms with van der Waals surface area (Å²) >= 11 is 0. The number of halogens is 1. The van der Waals surface area contributed by atoms with Gasteiger partial charge in [-0.25, -0.2) is 4.39 Å². The van der Waals surface area contributed by atoms with Crippen LogP contribution in [0, 0.1) is 11.7 Å². The van der Waals surface area contributed by atoms with Crippen LogP contribution in [-0.4, -0.2) is 22.9 Å². The molecule has 0 amide bonds. The van der Waals surface area contributed by atoms with Crippen molar-refractivity contribution in [3.05, 3.63) is 58.9 Å². The number of aromatic hydroxyl groups is 1. The summed E-state index contributed by atoms with van der Waals surface area (Å²) in [7, 11) is 0. The van der Waals surface area contributed by atoms with E-state index in [1.54, 1.807) is 6.07 Å². The Morgan fingerprint density at radius 3 is 2.61 bits per heavy atom. The van der Waals surface area contributed by atoms with Crippen molar-refractivity contribution in [3.8, 4) is 5.75 Å². The van der Waals surface area contributed by atoms with Crippen LogP contribution >= 0.6 is 0 Å². The topological polar surface area (TPSA) is 61.7 Å². The number of aliphatic hydroxyl groups excluding tert-OH is 1. The first kappa shape index (κ1) is 19.2. The maximum atomic E-state index is 14.0. The second-order valence-corrected chi connectivity index (χ2v) is 8.99. The van der Waals surface area contributed by atoms with Crippen LogP contribution in [0.3, 0.4) is 0 Å². The van der Waals surface area contributed by atoms with Crippen molar-refractivity contribution in [3.63, 3.8) is 0 Å². The first-order valence-corrected chi connectivity index (χ1v) is 9.93. The number of rotatable bonds is 2. The quantitative estimate of drug-likeness (QED) is 0.693. The molecule has 4 unspecified atom stereocenters. The third kappa shape index (κ3) is 3.38. The zero-order chi connectivity index (χ0) is 20.1. The van der Waals surface area contributed by atoms with E-state index in [0.717, 1.165) is 29.7 Å². The van der Waals surface area contributed by atoms with E-state index < -0.39 is 5.82 Å². The number of benzene rings is 2. The van der Waals surface area contributed by atoms with Gasteiger partial charge in [-0.15, -0.1) is 0 Å². The zero-order valence-electron chi connectivity index (χ0n) is 16.6. The van der Waals surface area contributed by atoms with Gasteiger partial charge < -0.3 is 20.3 Å². The van der Waals surface area contributed by atoms with Crippen LogP contribution in [-0.2, 0) is 10.2 Å². The van der Waals surface area contributed by atoms with Crippen molar-refractivity contribution in [1.29, 1.82) is 0 Å². The average molecular weight is 385 g/mol. The molecule has 0 radical (unpaired) electrons. The molecule has 4 rings (SSSR count). The molecule has 0 aliphatic carbocycles. The Balaban J connectivity index is 1.78. The Morgan fingerprint density at radius 2 is 1.93 bits per heavy atom. The van der Waals surface area contributed by atoms with Gasteiger partial charge in [-0.2, -0.15) is 0 Å². The van der Waals surface area contributed by atoms with Gasteiger partial charge in [-0.3, -0.25) is 0 Å². The molecule has 4 nitrogen and oxygen atoms in total. The van der Waals surface area contributed by atoms with Gasteiger partial charge in [0.2, 0.25) is 0 Å². The van der Waals surface area contributed by atoms with E-state index in [4.69, 9.17) is 4.74 Å². The van der Waals surface area contributed by atoms with Crippen molar-refractivity contribution in [2.24, 2.45) is 5.92 Å². The molecule has 1 saturated heterocycles. The molecule has 1 fully saturated rings. The standard InChI is InChI=1S/C23H28FNO3/c1-23(2,3)14-5-8-19-17(11-14)22-16(7-6-15(12-26)28-22)21(25-19)13-4-9-20(27)18(24)10-13/h4-5,8-11,15-16,21-22,25-27H,6-7,12H2,1-3H3. The van der Waals surface area contributed by atoms with Crippen LogP contribution in [0.4, 0.5) is 10.1 Å². The van der Waals surface area contributed by atoms with Gasteiger partial charge in [0.25, 0.3) is 0 Å². The Hall–Kier alpha value is -2.11. The number of ether oxygens (including phenoxy) is 1. The highest BCUT2D eigenvalue weighted by Gasteiger charge is 2.42. The van der Waals surface area contributed by atoms with E-state index in [-0.39, 0.29) is 41.9 Å². The molecule has 0 bridgehead atoms. The van der Waals surface area contributed by atoms with E-state index in [1.807, 2.05) is 0 Å². The zero-order valence-corrected chi connectivity index (χ0v) is 16.6. The highest BCUT2D eigenvalue weighted by Crippen LogP contribution is 2.51. The third-order valence-electron chi connectivity index (χ3n) is 6.05. The highest BCUT2D eigenvalue weighted by atomic mass is 19.1. The molecule has 2 aliphatic heterocycles. The fraction of sp³-hybridized carbons (Fsp3) is 0.478. The van der Waals surface area contributed by atoms with Crippen LogP contribution in [0.15, 0.2) is 36.4 Å². The molecular formula is C23H28FNO3. The Bertz CT molecular complexity index is 877. The van der Waals surface area contributed by atoms with Gasteiger partial charge in [0, 0.05) is 17.2 Å². The van der Waals surface area contributed by atoms with Crippen molar-refractivity contribution in [1.82, 2.24) is 0 Å². The van der Waals surface area contributed by atoms with Gasteiger partial charge in [0.1, 0.15) is 0 Å². The van der Waals surface area contributed by atoms with Crippen molar-refractivity contribution in [2.45, 2.75) is 57.3 Å². The number of aliphatic hydroxyl groups is 1. The molecule has 2 heterocycles. The lowest BCUT2D eigenvalue weighted by atomic mass is 9.75. The summed E-state index contributed by atoms with van der Waals surface area (Å²) in [6.07, 6.45) is 1.30. The van der Waals surface area contributed by atoms with E-state index in [2.05, 4.69) is 44.3 Å². The van der Waals surface area contributed by atoms with E-state index in [0.29, 0.717) is 0 Å². The fourth-order valence-corrected chi connectivity index (χ4v) is 4.40. The van der Waals surface area contributed by atoms with Crippen molar-refractivity contribution < 1.29 is 19.3 Å². The first-order chi connectivity index (χ1) is 13.3. The summed E-state index contributed by atoms with van der Waals surface area (Å²) < 4.78 is 20.3. The molecule has 2 aromatic carbocycles. The van der Waals surface area contributed by atoms with Gasteiger partial charge >= 0.3 is 0 Å². The van der Waals surface area contributed by atoms with Crippen molar-refractivity contribution >= 4 is 5.69 Å². The molecule has 3 N–H and O–H groups in total. The highest BCUT2D eigenvalue weighted by molar-refractivity contribution is 5.59. The summed E-state index contributed by atoms with van der Waals surface area (Å²) in [4.78, 5) is 0. The Morgan fingerprint density at radius 1 is 1.14 bits per heavy atom. The maximum Gasteiger partial charge on any atom is 0.165 e. The number of phenolic OH excluding ortho intramolecular Hbond substituents is 1. The third-order valence-corrected chi connectivity index (χ3v) is 6.05. The minimum absolute atomic E-state index is 0.00342. The Labute approximate surface area is 165 Å². The lowest BCUT2D eigenvalue weighted by molar-refractivity contribution is -0.110. The largest absolute Gasteiger partial charge is 0.505 e.